The van der Waals surface area contributed by atoms with Crippen LogP contribution in [0.1, 0.15) is 23.7 Å². The molecule has 1 N–H and O–H groups in total. The average Bonchev–Trinajstić information content (AvgIpc) is 3.03. The van der Waals surface area contributed by atoms with Crippen molar-refractivity contribution in [2.24, 2.45) is 5.41 Å². The largest absolute Gasteiger partial charge is 0.481 e. The maximum absolute atomic E-state index is 12.6. The molecular weight excluding hydrogens is 274 g/mol. The zero-order chi connectivity index (χ0) is 14.3. The van der Waals surface area contributed by atoms with Crippen LogP contribution in [0, 0.1) is 5.41 Å². The lowest BCUT2D eigenvalue weighted by Crippen LogP contribution is -2.34. The lowest BCUT2D eigenvalue weighted by molar-refractivity contribution is -0.147. The van der Waals surface area contributed by atoms with E-state index in [0.717, 1.165) is 10.1 Å². The number of benzene rings is 1. The third-order valence-electron chi connectivity index (χ3n) is 3.99. The number of carbonyl (C=O) groups excluding carboxylic acids is 1. The number of fused-ring (bicyclic) bond motifs is 1. The molecule has 3 rings (SSSR count). The number of carboxylic acid groups (broad SMARTS) is 1. The summed E-state index contributed by atoms with van der Waals surface area (Å²) >= 11 is 1.54. The molecule has 1 aromatic carbocycles. The topological polar surface area (TPSA) is 57.6 Å². The molecule has 1 aliphatic rings. The number of aliphatic carboxylic acids is 1. The van der Waals surface area contributed by atoms with Gasteiger partial charge in [-0.1, -0.05) is 18.2 Å². The van der Waals surface area contributed by atoms with Crippen molar-refractivity contribution in [1.29, 1.82) is 0 Å². The van der Waals surface area contributed by atoms with Crippen LogP contribution in [0.25, 0.3) is 10.1 Å². The van der Waals surface area contributed by atoms with E-state index in [1.165, 1.54) is 0 Å². The van der Waals surface area contributed by atoms with Crippen molar-refractivity contribution < 1.29 is 14.7 Å². The van der Waals surface area contributed by atoms with Crippen molar-refractivity contribution in [3.8, 4) is 0 Å². The zero-order valence-electron chi connectivity index (χ0n) is 11.1. The molecule has 4 nitrogen and oxygen atoms in total. The molecule has 1 fully saturated rings. The van der Waals surface area contributed by atoms with Gasteiger partial charge in [-0.15, -0.1) is 11.3 Å². The molecule has 2 aromatic rings. The molecule has 0 aliphatic carbocycles. The molecule has 1 aromatic heterocycles. The molecule has 0 spiro atoms. The molecule has 2 heterocycles. The summed E-state index contributed by atoms with van der Waals surface area (Å²) in [5.41, 5.74) is -0.137. The van der Waals surface area contributed by atoms with Crippen LogP contribution in [0.2, 0.25) is 0 Å². The molecule has 5 heteroatoms. The van der Waals surface area contributed by atoms with Gasteiger partial charge in [-0.05, 0) is 19.4 Å². The highest BCUT2D eigenvalue weighted by atomic mass is 32.1. The Bertz CT molecular complexity index is 693. The van der Waals surface area contributed by atoms with Crippen LogP contribution in [0.3, 0.4) is 0 Å². The van der Waals surface area contributed by atoms with Crippen LogP contribution in [0.4, 0.5) is 0 Å². The van der Waals surface area contributed by atoms with Crippen LogP contribution >= 0.6 is 11.3 Å². The molecule has 0 radical (unpaired) electrons. The van der Waals surface area contributed by atoms with Gasteiger partial charge in [0.05, 0.1) is 11.0 Å². The lowest BCUT2D eigenvalue weighted by atomic mass is 9.90. The van der Waals surface area contributed by atoms with Gasteiger partial charge < -0.3 is 10.0 Å². The highest BCUT2D eigenvalue weighted by Gasteiger charge is 2.42. The van der Waals surface area contributed by atoms with E-state index in [1.807, 2.05) is 29.6 Å². The smallest absolute Gasteiger partial charge is 0.311 e. The van der Waals surface area contributed by atoms with Crippen LogP contribution in [0.15, 0.2) is 29.6 Å². The van der Waals surface area contributed by atoms with Crippen LogP contribution in [-0.4, -0.2) is 35.0 Å². The first-order valence-electron chi connectivity index (χ1n) is 6.50. The first kappa shape index (κ1) is 13.1. The van der Waals surface area contributed by atoms with Gasteiger partial charge in [0.25, 0.3) is 5.91 Å². The number of hydrogen-bond donors (Lipinski definition) is 1. The van der Waals surface area contributed by atoms with Crippen LogP contribution in [0.5, 0.6) is 0 Å². The van der Waals surface area contributed by atoms with E-state index in [9.17, 15) is 14.7 Å². The maximum Gasteiger partial charge on any atom is 0.311 e. The summed E-state index contributed by atoms with van der Waals surface area (Å²) in [6.45, 7) is 2.49. The molecule has 0 unspecified atom stereocenters. The summed E-state index contributed by atoms with van der Waals surface area (Å²) in [4.78, 5) is 25.5. The van der Waals surface area contributed by atoms with Crippen molar-refractivity contribution in [3.63, 3.8) is 0 Å². The lowest BCUT2D eigenvalue weighted by Gasteiger charge is -2.20. The Hall–Kier alpha value is -1.88. The Morgan fingerprint density at radius 3 is 2.80 bits per heavy atom. The summed E-state index contributed by atoms with van der Waals surface area (Å²) in [6.07, 6.45) is 0.510. The summed E-state index contributed by atoms with van der Waals surface area (Å²) in [5.74, 6) is -0.893. The Morgan fingerprint density at radius 1 is 1.35 bits per heavy atom. The number of carbonyl (C=O) groups is 2. The quantitative estimate of drug-likeness (QED) is 0.925. The van der Waals surface area contributed by atoms with Gasteiger partial charge in [0.15, 0.2) is 0 Å². The second kappa shape index (κ2) is 4.59. The minimum Gasteiger partial charge on any atom is -0.481 e. The SMILES string of the molecule is C[C@@]1(C(=O)O)CCN(C(=O)c2csc3ccccc23)C1. The standard InChI is InChI=1S/C15H15NO3S/c1-15(14(18)19)6-7-16(9-15)13(17)11-8-20-12-5-3-2-4-10(11)12/h2-5,8H,6-7,9H2,1H3,(H,18,19)/t15-/m1/s1. The Kier molecular flexibility index (Phi) is 3.01. The first-order valence-corrected chi connectivity index (χ1v) is 7.38. The number of rotatable bonds is 2. The minimum absolute atomic E-state index is 0.0626. The monoisotopic (exact) mass is 289 g/mol. The number of nitrogens with zero attached hydrogens (tertiary/aromatic N) is 1. The molecular formula is C15H15NO3S. The van der Waals surface area contributed by atoms with E-state index >= 15 is 0 Å². The molecule has 1 aliphatic heterocycles. The van der Waals surface area contributed by atoms with E-state index in [0.29, 0.717) is 18.5 Å². The Morgan fingerprint density at radius 2 is 2.10 bits per heavy atom. The Balaban J connectivity index is 1.89. The fraction of sp³-hybridized carbons (Fsp3) is 0.333. The number of amides is 1. The molecule has 0 bridgehead atoms. The molecule has 1 atom stereocenters. The van der Waals surface area contributed by atoms with Gasteiger partial charge in [-0.3, -0.25) is 9.59 Å². The second-order valence-corrected chi connectivity index (χ2v) is 6.40. The molecule has 20 heavy (non-hydrogen) atoms. The van der Waals surface area contributed by atoms with Gasteiger partial charge in [0.2, 0.25) is 0 Å². The number of thiophene rings is 1. The third-order valence-corrected chi connectivity index (χ3v) is 4.95. The Labute approximate surface area is 120 Å². The summed E-state index contributed by atoms with van der Waals surface area (Å²) < 4.78 is 1.08. The zero-order valence-corrected chi connectivity index (χ0v) is 11.9. The van der Waals surface area contributed by atoms with Gasteiger partial charge in [0, 0.05) is 28.6 Å². The van der Waals surface area contributed by atoms with Gasteiger partial charge in [-0.25, -0.2) is 0 Å². The van der Waals surface area contributed by atoms with Gasteiger partial charge >= 0.3 is 5.97 Å². The van der Waals surface area contributed by atoms with Crippen LogP contribution in [-0.2, 0) is 4.79 Å². The van der Waals surface area contributed by atoms with E-state index < -0.39 is 11.4 Å². The average molecular weight is 289 g/mol. The molecule has 104 valence electrons. The minimum atomic E-state index is -0.831. The van der Waals surface area contributed by atoms with E-state index in [1.54, 1.807) is 23.2 Å². The van der Waals surface area contributed by atoms with Crippen molar-refractivity contribution >= 4 is 33.3 Å². The second-order valence-electron chi connectivity index (χ2n) is 5.49. The maximum atomic E-state index is 12.6. The van der Waals surface area contributed by atoms with E-state index in [-0.39, 0.29) is 12.5 Å². The predicted octanol–water partition coefficient (Wildman–Crippen LogP) is 2.84. The molecule has 1 saturated heterocycles. The first-order chi connectivity index (χ1) is 9.51. The van der Waals surface area contributed by atoms with Crippen LogP contribution < -0.4 is 0 Å². The highest BCUT2D eigenvalue weighted by Crippen LogP contribution is 2.33. The third kappa shape index (κ3) is 1.98. The van der Waals surface area contributed by atoms with E-state index in [4.69, 9.17) is 0 Å². The van der Waals surface area contributed by atoms with Crippen molar-refractivity contribution in [1.82, 2.24) is 4.90 Å². The number of carboxylic acids is 1. The summed E-state index contributed by atoms with van der Waals surface area (Å²) in [7, 11) is 0. The van der Waals surface area contributed by atoms with Gasteiger partial charge in [-0.2, -0.15) is 0 Å². The van der Waals surface area contributed by atoms with E-state index in [2.05, 4.69) is 0 Å². The molecule has 0 saturated carbocycles. The fourth-order valence-corrected chi connectivity index (χ4v) is 3.56. The number of hydrogen-bond acceptors (Lipinski definition) is 3. The summed E-state index contributed by atoms with van der Waals surface area (Å²) in [5, 5.41) is 12.1. The number of likely N-dealkylation sites (tertiary alicyclic amines) is 1. The van der Waals surface area contributed by atoms with Crippen molar-refractivity contribution in [3.05, 3.63) is 35.2 Å². The van der Waals surface area contributed by atoms with Crippen molar-refractivity contribution in [2.75, 3.05) is 13.1 Å². The normalized spacial score (nSPS) is 22.4. The summed E-state index contributed by atoms with van der Waals surface area (Å²) in [6, 6.07) is 7.79. The predicted molar refractivity (Wildman–Crippen MR) is 78.1 cm³/mol. The highest BCUT2D eigenvalue weighted by molar-refractivity contribution is 7.17. The fourth-order valence-electron chi connectivity index (χ4n) is 2.62. The van der Waals surface area contributed by atoms with Crippen molar-refractivity contribution in [2.45, 2.75) is 13.3 Å². The van der Waals surface area contributed by atoms with Gasteiger partial charge in [0.1, 0.15) is 0 Å². The molecule has 1 amide bonds.